The van der Waals surface area contributed by atoms with Crippen LogP contribution >= 0.6 is 0 Å². The highest BCUT2D eigenvalue weighted by atomic mass is 16.2. The van der Waals surface area contributed by atoms with E-state index in [-0.39, 0.29) is 18.4 Å². The summed E-state index contributed by atoms with van der Waals surface area (Å²) in [5, 5.41) is 5.93. The molecule has 1 fully saturated rings. The third-order valence-electron chi connectivity index (χ3n) is 4.56. The van der Waals surface area contributed by atoms with Crippen molar-refractivity contribution >= 4 is 23.2 Å². The Kier molecular flexibility index (Phi) is 5.89. The van der Waals surface area contributed by atoms with Gasteiger partial charge in [-0.05, 0) is 62.6 Å². The molecule has 0 atom stereocenters. The maximum Gasteiger partial charge on any atom is 0.253 e. The second kappa shape index (κ2) is 8.52. The van der Waals surface area contributed by atoms with E-state index in [0.717, 1.165) is 42.9 Å². The molecule has 1 heterocycles. The molecule has 0 radical (unpaired) electrons. The number of nitrogens with zero attached hydrogens (tertiary/aromatic N) is 1. The fraction of sp³-hybridized carbons (Fsp3) is 0.333. The first-order valence-electron chi connectivity index (χ1n) is 9.11. The molecule has 1 aliphatic rings. The Balaban J connectivity index is 1.50. The predicted octanol–water partition coefficient (Wildman–Crippen LogP) is 3.67. The SMILES string of the molecule is Cc1ccc(NC(=O)CNc2ccc(C(=O)N3CCCCC3)cc2)cc1. The standard InChI is InChI=1S/C21H25N3O2/c1-16-5-9-19(10-6-16)23-20(25)15-22-18-11-7-17(8-12-18)21(26)24-13-3-2-4-14-24/h5-12,22H,2-4,13-15H2,1H3,(H,23,25). The van der Waals surface area contributed by atoms with Crippen molar-refractivity contribution in [2.24, 2.45) is 0 Å². The Hall–Kier alpha value is -2.82. The Morgan fingerprint density at radius 1 is 0.885 bits per heavy atom. The summed E-state index contributed by atoms with van der Waals surface area (Å²) in [5.74, 6) is -0.0179. The van der Waals surface area contributed by atoms with Crippen molar-refractivity contribution in [3.8, 4) is 0 Å². The number of nitrogens with one attached hydrogen (secondary N) is 2. The van der Waals surface area contributed by atoms with Crippen LogP contribution in [0.3, 0.4) is 0 Å². The Morgan fingerprint density at radius 2 is 1.50 bits per heavy atom. The van der Waals surface area contributed by atoms with E-state index in [4.69, 9.17) is 0 Å². The van der Waals surface area contributed by atoms with Crippen molar-refractivity contribution in [1.82, 2.24) is 4.90 Å². The second-order valence-electron chi connectivity index (χ2n) is 6.70. The molecule has 0 saturated carbocycles. The summed E-state index contributed by atoms with van der Waals surface area (Å²) in [5.41, 5.74) is 3.45. The molecule has 1 aliphatic heterocycles. The molecule has 136 valence electrons. The van der Waals surface area contributed by atoms with Gasteiger partial charge in [-0.15, -0.1) is 0 Å². The Bertz CT molecular complexity index is 748. The highest BCUT2D eigenvalue weighted by Crippen LogP contribution is 2.15. The molecule has 1 saturated heterocycles. The van der Waals surface area contributed by atoms with Gasteiger partial charge in [0.25, 0.3) is 5.91 Å². The number of hydrogen-bond donors (Lipinski definition) is 2. The molecule has 0 unspecified atom stereocenters. The van der Waals surface area contributed by atoms with E-state index < -0.39 is 0 Å². The molecule has 0 aliphatic carbocycles. The van der Waals surface area contributed by atoms with Gasteiger partial charge in [-0.1, -0.05) is 17.7 Å². The number of amides is 2. The number of hydrogen-bond acceptors (Lipinski definition) is 3. The molecule has 2 amide bonds. The van der Waals surface area contributed by atoms with Crippen molar-refractivity contribution in [3.05, 3.63) is 59.7 Å². The Morgan fingerprint density at radius 3 is 2.15 bits per heavy atom. The quantitative estimate of drug-likeness (QED) is 0.864. The molecule has 0 spiro atoms. The number of piperidine rings is 1. The summed E-state index contributed by atoms with van der Waals surface area (Å²) >= 11 is 0. The minimum absolute atomic E-state index is 0.0911. The minimum atomic E-state index is -0.109. The third kappa shape index (κ3) is 4.85. The van der Waals surface area contributed by atoms with Gasteiger partial charge < -0.3 is 15.5 Å². The largest absolute Gasteiger partial charge is 0.376 e. The predicted molar refractivity (Wildman–Crippen MR) is 104 cm³/mol. The van der Waals surface area contributed by atoms with Gasteiger partial charge in [-0.25, -0.2) is 0 Å². The molecule has 5 heteroatoms. The second-order valence-corrected chi connectivity index (χ2v) is 6.70. The smallest absolute Gasteiger partial charge is 0.253 e. The van der Waals surface area contributed by atoms with Crippen LogP contribution in [0.1, 0.15) is 35.2 Å². The first-order chi connectivity index (χ1) is 12.6. The number of aryl methyl sites for hydroxylation is 1. The zero-order valence-electron chi connectivity index (χ0n) is 15.1. The van der Waals surface area contributed by atoms with Crippen molar-refractivity contribution in [3.63, 3.8) is 0 Å². The molecule has 26 heavy (non-hydrogen) atoms. The van der Waals surface area contributed by atoms with Gasteiger partial charge in [0.2, 0.25) is 5.91 Å². The van der Waals surface area contributed by atoms with E-state index in [9.17, 15) is 9.59 Å². The lowest BCUT2D eigenvalue weighted by atomic mass is 10.1. The van der Waals surface area contributed by atoms with Crippen LogP contribution in [-0.4, -0.2) is 36.3 Å². The van der Waals surface area contributed by atoms with E-state index >= 15 is 0 Å². The molecule has 5 nitrogen and oxygen atoms in total. The van der Waals surface area contributed by atoms with Crippen LogP contribution in [0.15, 0.2) is 48.5 Å². The molecular weight excluding hydrogens is 326 g/mol. The van der Waals surface area contributed by atoms with Crippen molar-refractivity contribution in [2.45, 2.75) is 26.2 Å². The van der Waals surface area contributed by atoms with Gasteiger partial charge in [0.15, 0.2) is 0 Å². The molecule has 2 aromatic rings. The minimum Gasteiger partial charge on any atom is -0.376 e. The van der Waals surface area contributed by atoms with Gasteiger partial charge >= 0.3 is 0 Å². The van der Waals surface area contributed by atoms with E-state index in [0.29, 0.717) is 5.56 Å². The maximum absolute atomic E-state index is 12.4. The molecule has 2 aromatic carbocycles. The average Bonchev–Trinajstić information content (AvgIpc) is 2.69. The number of carbonyl (C=O) groups is 2. The van der Waals surface area contributed by atoms with Gasteiger partial charge in [0.1, 0.15) is 0 Å². The molecule has 0 aromatic heterocycles. The van der Waals surface area contributed by atoms with Crippen LogP contribution in [0.25, 0.3) is 0 Å². The lowest BCUT2D eigenvalue weighted by Gasteiger charge is -2.26. The van der Waals surface area contributed by atoms with Crippen LogP contribution in [0.2, 0.25) is 0 Å². The molecule has 0 bridgehead atoms. The third-order valence-corrected chi connectivity index (χ3v) is 4.56. The summed E-state index contributed by atoms with van der Waals surface area (Å²) in [6.45, 7) is 3.87. The topological polar surface area (TPSA) is 61.4 Å². The van der Waals surface area contributed by atoms with Crippen LogP contribution in [0, 0.1) is 6.92 Å². The van der Waals surface area contributed by atoms with Gasteiger partial charge in [0.05, 0.1) is 6.54 Å². The summed E-state index contributed by atoms with van der Waals surface area (Å²) in [6, 6.07) is 15.0. The normalized spacial score (nSPS) is 14.0. The van der Waals surface area contributed by atoms with Crippen molar-refractivity contribution < 1.29 is 9.59 Å². The summed E-state index contributed by atoms with van der Waals surface area (Å²) in [4.78, 5) is 26.4. The van der Waals surface area contributed by atoms with E-state index in [1.807, 2.05) is 60.4 Å². The van der Waals surface area contributed by atoms with E-state index in [2.05, 4.69) is 10.6 Å². The van der Waals surface area contributed by atoms with Crippen LogP contribution < -0.4 is 10.6 Å². The number of likely N-dealkylation sites (tertiary alicyclic amines) is 1. The van der Waals surface area contributed by atoms with Crippen molar-refractivity contribution in [1.29, 1.82) is 0 Å². The van der Waals surface area contributed by atoms with Crippen LogP contribution in [0.4, 0.5) is 11.4 Å². The van der Waals surface area contributed by atoms with Gasteiger partial charge in [-0.3, -0.25) is 9.59 Å². The lowest BCUT2D eigenvalue weighted by Crippen LogP contribution is -2.35. The molecule has 3 rings (SSSR count). The summed E-state index contributed by atoms with van der Waals surface area (Å²) in [7, 11) is 0. The Labute approximate surface area is 154 Å². The highest BCUT2D eigenvalue weighted by Gasteiger charge is 2.17. The highest BCUT2D eigenvalue weighted by molar-refractivity contribution is 5.95. The van der Waals surface area contributed by atoms with Crippen LogP contribution in [0.5, 0.6) is 0 Å². The number of anilines is 2. The monoisotopic (exact) mass is 351 g/mol. The van der Waals surface area contributed by atoms with Crippen molar-refractivity contribution in [2.75, 3.05) is 30.3 Å². The fourth-order valence-corrected chi connectivity index (χ4v) is 3.03. The van der Waals surface area contributed by atoms with E-state index in [1.165, 1.54) is 6.42 Å². The maximum atomic E-state index is 12.4. The average molecular weight is 351 g/mol. The molecular formula is C21H25N3O2. The number of benzene rings is 2. The number of rotatable bonds is 5. The van der Waals surface area contributed by atoms with E-state index in [1.54, 1.807) is 0 Å². The van der Waals surface area contributed by atoms with Gasteiger partial charge in [0, 0.05) is 30.0 Å². The van der Waals surface area contributed by atoms with Crippen LogP contribution in [-0.2, 0) is 4.79 Å². The first-order valence-corrected chi connectivity index (χ1v) is 9.11. The lowest BCUT2D eigenvalue weighted by molar-refractivity contribution is -0.114. The zero-order valence-corrected chi connectivity index (χ0v) is 15.1. The molecule has 2 N–H and O–H groups in total. The summed E-state index contributed by atoms with van der Waals surface area (Å²) in [6.07, 6.45) is 3.38. The fourth-order valence-electron chi connectivity index (χ4n) is 3.03. The summed E-state index contributed by atoms with van der Waals surface area (Å²) < 4.78 is 0. The first kappa shape index (κ1) is 18.0. The van der Waals surface area contributed by atoms with Gasteiger partial charge in [-0.2, -0.15) is 0 Å². The zero-order chi connectivity index (χ0) is 18.4. The number of carbonyl (C=O) groups excluding carboxylic acids is 2.